The lowest BCUT2D eigenvalue weighted by Gasteiger charge is -2.24. The summed E-state index contributed by atoms with van der Waals surface area (Å²) in [6, 6.07) is 15.3. The first-order valence-electron chi connectivity index (χ1n) is 11.7. The number of anilines is 2. The van der Waals surface area contributed by atoms with E-state index in [0.29, 0.717) is 17.2 Å². The molecule has 0 saturated carbocycles. The van der Waals surface area contributed by atoms with Gasteiger partial charge in [-0.3, -0.25) is 9.78 Å². The number of pyridine rings is 1. The molecule has 1 heterocycles. The molecule has 6 nitrogen and oxygen atoms in total. The van der Waals surface area contributed by atoms with E-state index in [-0.39, 0.29) is 12.5 Å². The summed E-state index contributed by atoms with van der Waals surface area (Å²) in [7, 11) is 0. The van der Waals surface area contributed by atoms with E-state index in [1.807, 2.05) is 48.5 Å². The van der Waals surface area contributed by atoms with Crippen molar-refractivity contribution >= 4 is 34.2 Å². The van der Waals surface area contributed by atoms with Gasteiger partial charge in [-0.15, -0.1) is 0 Å². The molecule has 33 heavy (non-hydrogen) atoms. The van der Waals surface area contributed by atoms with Crippen LogP contribution in [0.25, 0.3) is 10.9 Å². The van der Waals surface area contributed by atoms with Gasteiger partial charge < -0.3 is 15.0 Å². The largest absolute Gasteiger partial charge is 0.452 e. The summed E-state index contributed by atoms with van der Waals surface area (Å²) < 4.78 is 5.48. The lowest BCUT2D eigenvalue weighted by atomic mass is 9.84. The van der Waals surface area contributed by atoms with Crippen molar-refractivity contribution in [1.82, 2.24) is 4.98 Å². The van der Waals surface area contributed by atoms with Gasteiger partial charge in [-0.1, -0.05) is 25.1 Å². The minimum atomic E-state index is -0.467. The van der Waals surface area contributed by atoms with Crippen LogP contribution in [0.1, 0.15) is 48.8 Å². The molecule has 0 saturated heterocycles. The molecular weight excluding hydrogens is 414 g/mol. The molecule has 4 rings (SSSR count). The number of ether oxygens (including phenoxy) is 1. The molecule has 2 aromatic carbocycles. The first-order chi connectivity index (χ1) is 16.0. The van der Waals surface area contributed by atoms with E-state index in [9.17, 15) is 9.59 Å². The second kappa shape index (κ2) is 10.0. The Morgan fingerprint density at radius 3 is 2.55 bits per heavy atom. The lowest BCUT2D eigenvalue weighted by molar-refractivity contribution is -0.119. The summed E-state index contributed by atoms with van der Waals surface area (Å²) in [6.45, 7) is 7.91. The molecule has 1 aliphatic carbocycles. The van der Waals surface area contributed by atoms with Crippen molar-refractivity contribution in [3.8, 4) is 0 Å². The smallest absolute Gasteiger partial charge is 0.339 e. The van der Waals surface area contributed by atoms with Gasteiger partial charge in [0.2, 0.25) is 0 Å². The number of aryl methyl sites for hydroxylation is 1. The highest BCUT2D eigenvalue weighted by Crippen LogP contribution is 2.32. The zero-order valence-corrected chi connectivity index (χ0v) is 19.6. The van der Waals surface area contributed by atoms with E-state index in [4.69, 9.17) is 9.72 Å². The number of nitrogens with one attached hydrogen (secondary N) is 1. The maximum absolute atomic E-state index is 13.1. The number of para-hydroxylation sites is 1. The van der Waals surface area contributed by atoms with Gasteiger partial charge in [0.05, 0.1) is 11.1 Å². The molecule has 0 radical (unpaired) electrons. The van der Waals surface area contributed by atoms with Gasteiger partial charge in [-0.25, -0.2) is 4.79 Å². The highest BCUT2D eigenvalue weighted by atomic mass is 16.5. The van der Waals surface area contributed by atoms with Crippen LogP contribution in [0.4, 0.5) is 11.4 Å². The van der Waals surface area contributed by atoms with Crippen LogP contribution in [0, 0.1) is 5.92 Å². The fourth-order valence-corrected chi connectivity index (χ4v) is 4.54. The van der Waals surface area contributed by atoms with Crippen LogP contribution < -0.4 is 10.2 Å². The predicted molar refractivity (Wildman–Crippen MR) is 132 cm³/mol. The molecule has 0 bridgehead atoms. The van der Waals surface area contributed by atoms with Gasteiger partial charge in [-0.2, -0.15) is 0 Å². The molecule has 1 aromatic heterocycles. The summed E-state index contributed by atoms with van der Waals surface area (Å²) in [5, 5.41) is 3.59. The fourth-order valence-electron chi connectivity index (χ4n) is 4.54. The van der Waals surface area contributed by atoms with Crippen molar-refractivity contribution in [3.05, 3.63) is 65.4 Å². The van der Waals surface area contributed by atoms with E-state index in [0.717, 1.165) is 60.2 Å². The van der Waals surface area contributed by atoms with Crippen LogP contribution in [0.5, 0.6) is 0 Å². The highest BCUT2D eigenvalue weighted by Gasteiger charge is 2.26. The second-order valence-electron chi connectivity index (χ2n) is 8.62. The SMILES string of the molecule is CCN(CC)c1ccc(NC(=O)COC(=O)c2c3c(nc4ccccc24)CCC(C)C3)cc1. The predicted octanol–water partition coefficient (Wildman–Crippen LogP) is 5.00. The molecule has 1 aliphatic rings. The van der Waals surface area contributed by atoms with Crippen molar-refractivity contribution in [2.75, 3.05) is 29.9 Å². The molecule has 3 aromatic rings. The average molecular weight is 446 g/mol. The Labute approximate surface area is 195 Å². The number of hydrogen-bond donors (Lipinski definition) is 1. The zero-order chi connectivity index (χ0) is 23.4. The molecule has 172 valence electrons. The van der Waals surface area contributed by atoms with E-state index in [1.54, 1.807) is 0 Å². The van der Waals surface area contributed by atoms with Crippen molar-refractivity contribution in [2.24, 2.45) is 5.92 Å². The molecule has 1 amide bonds. The molecular formula is C27H31N3O3. The number of aromatic nitrogens is 1. The van der Waals surface area contributed by atoms with Crippen LogP contribution in [-0.4, -0.2) is 36.6 Å². The summed E-state index contributed by atoms with van der Waals surface area (Å²) in [5.74, 6) is -0.347. The van der Waals surface area contributed by atoms with Crippen molar-refractivity contribution in [3.63, 3.8) is 0 Å². The van der Waals surface area contributed by atoms with E-state index >= 15 is 0 Å². The first-order valence-corrected chi connectivity index (χ1v) is 11.7. The number of rotatable bonds is 7. The molecule has 0 spiro atoms. The fraction of sp³-hybridized carbons (Fsp3) is 0.370. The number of nitrogens with zero attached hydrogens (tertiary/aromatic N) is 2. The maximum Gasteiger partial charge on any atom is 0.339 e. The van der Waals surface area contributed by atoms with Gasteiger partial charge in [0.15, 0.2) is 6.61 Å². The first kappa shape index (κ1) is 22.8. The minimum Gasteiger partial charge on any atom is -0.452 e. The molecule has 0 aliphatic heterocycles. The number of hydrogen-bond acceptors (Lipinski definition) is 5. The summed E-state index contributed by atoms with van der Waals surface area (Å²) in [5.41, 5.74) is 5.05. The Bertz CT molecular complexity index is 1150. The topological polar surface area (TPSA) is 71.5 Å². The summed E-state index contributed by atoms with van der Waals surface area (Å²) in [4.78, 5) is 32.6. The van der Waals surface area contributed by atoms with Crippen LogP contribution in [-0.2, 0) is 22.4 Å². The molecule has 6 heteroatoms. The van der Waals surface area contributed by atoms with Crippen molar-refractivity contribution in [2.45, 2.75) is 40.0 Å². The van der Waals surface area contributed by atoms with Gasteiger partial charge in [0.1, 0.15) is 0 Å². The van der Waals surface area contributed by atoms with Crippen LogP contribution in [0.2, 0.25) is 0 Å². The Morgan fingerprint density at radius 1 is 1.09 bits per heavy atom. The number of amides is 1. The van der Waals surface area contributed by atoms with Crippen LogP contribution >= 0.6 is 0 Å². The monoisotopic (exact) mass is 445 g/mol. The third kappa shape index (κ3) is 5.00. The Balaban J connectivity index is 1.47. The third-order valence-electron chi connectivity index (χ3n) is 6.32. The highest BCUT2D eigenvalue weighted by molar-refractivity contribution is 6.06. The van der Waals surface area contributed by atoms with E-state index in [2.05, 4.69) is 31.0 Å². The van der Waals surface area contributed by atoms with Gasteiger partial charge in [-0.05, 0) is 74.9 Å². The van der Waals surface area contributed by atoms with E-state index < -0.39 is 5.97 Å². The van der Waals surface area contributed by atoms with Gasteiger partial charge in [0.25, 0.3) is 5.91 Å². The second-order valence-corrected chi connectivity index (χ2v) is 8.62. The van der Waals surface area contributed by atoms with Gasteiger partial charge >= 0.3 is 5.97 Å². The van der Waals surface area contributed by atoms with E-state index in [1.165, 1.54) is 0 Å². The summed E-state index contributed by atoms with van der Waals surface area (Å²) in [6.07, 6.45) is 2.70. The number of esters is 1. The number of carbonyl (C=O) groups excluding carboxylic acids is 2. The van der Waals surface area contributed by atoms with Crippen molar-refractivity contribution < 1.29 is 14.3 Å². The minimum absolute atomic E-state index is 0.336. The maximum atomic E-state index is 13.1. The molecule has 1 unspecified atom stereocenters. The Hall–Kier alpha value is -3.41. The zero-order valence-electron chi connectivity index (χ0n) is 19.6. The summed E-state index contributed by atoms with van der Waals surface area (Å²) >= 11 is 0. The lowest BCUT2D eigenvalue weighted by Crippen LogP contribution is -2.24. The Morgan fingerprint density at radius 2 is 1.82 bits per heavy atom. The number of benzene rings is 2. The van der Waals surface area contributed by atoms with Crippen LogP contribution in [0.15, 0.2) is 48.5 Å². The molecule has 1 N–H and O–H groups in total. The number of carbonyl (C=O) groups is 2. The molecule has 0 fully saturated rings. The third-order valence-corrected chi connectivity index (χ3v) is 6.32. The standard InChI is InChI=1S/C27H31N3O3/c1-4-30(5-2)20-13-11-19(12-14-20)28-25(31)17-33-27(32)26-21-8-6-7-9-23(21)29-24-15-10-18(3)16-22(24)26/h6-9,11-14,18H,4-5,10,15-17H2,1-3H3,(H,28,31). The Kier molecular flexibility index (Phi) is 6.92. The van der Waals surface area contributed by atoms with Gasteiger partial charge in [0, 0.05) is 35.5 Å². The van der Waals surface area contributed by atoms with Crippen molar-refractivity contribution in [1.29, 1.82) is 0 Å². The van der Waals surface area contributed by atoms with Crippen LogP contribution in [0.3, 0.4) is 0 Å². The molecule has 1 atom stereocenters. The average Bonchev–Trinajstić information content (AvgIpc) is 2.83. The normalized spacial score (nSPS) is 15.1. The quantitative estimate of drug-likeness (QED) is 0.518. The number of fused-ring (bicyclic) bond motifs is 2.